The van der Waals surface area contributed by atoms with Crippen LogP contribution in [0.5, 0.6) is 5.88 Å². The number of alkyl halides is 3. The Labute approximate surface area is 251 Å². The lowest BCUT2D eigenvalue weighted by atomic mass is 10.0. The predicted octanol–water partition coefficient (Wildman–Crippen LogP) is 4.49. The van der Waals surface area contributed by atoms with Crippen molar-refractivity contribution in [3.63, 3.8) is 0 Å². The fraction of sp³-hybridized carbons (Fsp3) is 0.481. The topological polar surface area (TPSA) is 140 Å². The van der Waals surface area contributed by atoms with E-state index in [2.05, 4.69) is 39.5 Å². The monoisotopic (exact) mass is 641 g/mol. The molecule has 4 heterocycles. The van der Waals surface area contributed by atoms with Crippen molar-refractivity contribution in [2.45, 2.75) is 68.7 Å². The van der Waals surface area contributed by atoms with Crippen LogP contribution in [0, 0.1) is 5.41 Å². The molecule has 3 aromatic heterocycles. The number of carbonyl (C=O) groups is 1. The molecule has 2 aliphatic rings. The summed E-state index contributed by atoms with van der Waals surface area (Å²) in [5.74, 6) is -0.393. The number of hydrogen-bond acceptors (Lipinski definition) is 9. The number of ether oxygens (including phenoxy) is 1. The van der Waals surface area contributed by atoms with Gasteiger partial charge in [-0.1, -0.05) is 17.7 Å². The Bertz CT molecular complexity index is 1610. The number of nitrogens with one attached hydrogen (secondary N) is 3. The van der Waals surface area contributed by atoms with Crippen LogP contribution in [0.1, 0.15) is 56.3 Å². The number of hydrogen-bond donors (Lipinski definition) is 3. The van der Waals surface area contributed by atoms with Gasteiger partial charge < -0.3 is 15.4 Å². The molecule has 3 N–H and O–H groups in total. The molecular weight excluding hydrogens is 611 g/mol. The van der Waals surface area contributed by atoms with Crippen LogP contribution in [-0.2, 0) is 10.0 Å². The lowest BCUT2D eigenvalue weighted by Gasteiger charge is -2.20. The van der Waals surface area contributed by atoms with E-state index >= 15 is 0 Å². The Morgan fingerprint density at radius 3 is 2.58 bits per heavy atom. The molecule has 232 valence electrons. The summed E-state index contributed by atoms with van der Waals surface area (Å²) in [6.45, 7) is 4.65. The first kappa shape index (κ1) is 31.0. The summed E-state index contributed by atoms with van der Waals surface area (Å²) < 4.78 is 73.8. The smallest absolute Gasteiger partial charge is 0.394 e. The van der Waals surface area contributed by atoms with Crippen LogP contribution < -0.4 is 20.1 Å². The zero-order chi connectivity index (χ0) is 31.0. The summed E-state index contributed by atoms with van der Waals surface area (Å²) in [6.07, 6.45) is -0.769. The maximum absolute atomic E-state index is 13.1. The second-order valence-corrected chi connectivity index (χ2v) is 13.4. The SMILES string of the molecule is CC1(C)CCC(CNc2cccc(S(=O)(=O)NC(=O)c3ccc(-n4ccc(OCCC5(C(F)(F)F)CC5)n4)nc3Cl)n2)N1. The minimum Gasteiger partial charge on any atom is -0.477 e. The number of nitrogens with zero attached hydrogens (tertiary/aromatic N) is 4. The van der Waals surface area contributed by atoms with Crippen LogP contribution in [0.25, 0.3) is 5.82 Å². The van der Waals surface area contributed by atoms with Gasteiger partial charge in [-0.2, -0.15) is 21.6 Å². The second-order valence-electron chi connectivity index (χ2n) is 11.4. The molecule has 11 nitrogen and oxygen atoms in total. The number of pyridine rings is 2. The fourth-order valence-electron chi connectivity index (χ4n) is 4.92. The van der Waals surface area contributed by atoms with E-state index in [1.54, 1.807) is 6.07 Å². The number of carbonyl (C=O) groups excluding carboxylic acids is 1. The van der Waals surface area contributed by atoms with E-state index in [-0.39, 0.29) is 64.9 Å². The van der Waals surface area contributed by atoms with E-state index in [1.165, 1.54) is 41.2 Å². The molecule has 5 rings (SSSR count). The highest BCUT2D eigenvalue weighted by Gasteiger charge is 2.62. The molecule has 1 aliphatic heterocycles. The molecule has 3 aromatic rings. The molecule has 1 unspecified atom stereocenters. The summed E-state index contributed by atoms with van der Waals surface area (Å²) in [5, 5.41) is 10.1. The van der Waals surface area contributed by atoms with Gasteiger partial charge in [0.2, 0.25) is 5.88 Å². The van der Waals surface area contributed by atoms with Crippen LogP contribution in [0.2, 0.25) is 5.15 Å². The Morgan fingerprint density at radius 1 is 1.16 bits per heavy atom. The Kier molecular flexibility index (Phi) is 8.35. The van der Waals surface area contributed by atoms with Gasteiger partial charge in [0.25, 0.3) is 15.9 Å². The molecule has 1 saturated heterocycles. The van der Waals surface area contributed by atoms with Crippen molar-refractivity contribution in [1.82, 2.24) is 29.8 Å². The minimum atomic E-state index is -4.34. The summed E-state index contributed by atoms with van der Waals surface area (Å²) in [7, 11) is -4.34. The third kappa shape index (κ3) is 7.21. The highest BCUT2D eigenvalue weighted by Crippen LogP contribution is 2.59. The minimum absolute atomic E-state index is 0.0428. The molecule has 43 heavy (non-hydrogen) atoms. The van der Waals surface area contributed by atoms with E-state index in [1.807, 2.05) is 4.72 Å². The molecule has 0 spiro atoms. The number of halogens is 4. The highest BCUT2D eigenvalue weighted by molar-refractivity contribution is 7.90. The maximum Gasteiger partial charge on any atom is 0.394 e. The van der Waals surface area contributed by atoms with Gasteiger partial charge in [0, 0.05) is 30.4 Å². The van der Waals surface area contributed by atoms with Gasteiger partial charge in [0.15, 0.2) is 10.8 Å². The van der Waals surface area contributed by atoms with Gasteiger partial charge in [0.1, 0.15) is 11.0 Å². The Morgan fingerprint density at radius 2 is 1.93 bits per heavy atom. The molecule has 16 heteroatoms. The zero-order valence-electron chi connectivity index (χ0n) is 23.4. The zero-order valence-corrected chi connectivity index (χ0v) is 25.0. The quantitative estimate of drug-likeness (QED) is 0.258. The van der Waals surface area contributed by atoms with Crippen molar-refractivity contribution in [3.05, 3.63) is 53.3 Å². The first-order chi connectivity index (χ1) is 20.2. The van der Waals surface area contributed by atoms with Crippen molar-refractivity contribution in [2.75, 3.05) is 18.5 Å². The van der Waals surface area contributed by atoms with E-state index in [0.29, 0.717) is 12.4 Å². The van der Waals surface area contributed by atoms with E-state index in [0.717, 1.165) is 12.8 Å². The first-order valence-corrected chi connectivity index (χ1v) is 15.5. The van der Waals surface area contributed by atoms with Crippen LogP contribution >= 0.6 is 11.6 Å². The molecule has 1 amide bonds. The average Bonchev–Trinajstić information content (AvgIpc) is 3.45. The van der Waals surface area contributed by atoms with Crippen LogP contribution in [0.3, 0.4) is 0 Å². The standard InChI is InChI=1S/C27H31ClF3N7O4S/c1-25(2)10-8-17(35-25)16-32-19-4-3-5-22(33-19)43(40,41)37-24(39)18-6-7-20(34-23(18)28)38-14-9-21(36-38)42-15-13-26(11-12-26)27(29,30)31/h3-7,9,14,17,35H,8,10-13,15-16H2,1-2H3,(H,32,33)(H,37,39). The van der Waals surface area contributed by atoms with Crippen molar-refractivity contribution in [1.29, 1.82) is 0 Å². The average molecular weight is 642 g/mol. The Hall–Kier alpha value is -3.43. The number of anilines is 1. The number of amides is 1. The number of rotatable bonds is 11. The summed E-state index contributed by atoms with van der Waals surface area (Å²) >= 11 is 6.21. The largest absolute Gasteiger partial charge is 0.477 e. The van der Waals surface area contributed by atoms with Crippen molar-refractivity contribution in [3.8, 4) is 11.7 Å². The predicted molar refractivity (Wildman–Crippen MR) is 152 cm³/mol. The summed E-state index contributed by atoms with van der Waals surface area (Å²) in [4.78, 5) is 21.1. The molecule has 1 aliphatic carbocycles. The van der Waals surface area contributed by atoms with Crippen LogP contribution in [0.4, 0.5) is 19.0 Å². The van der Waals surface area contributed by atoms with E-state index in [9.17, 15) is 26.4 Å². The third-order valence-corrected chi connectivity index (χ3v) is 9.15. The summed E-state index contributed by atoms with van der Waals surface area (Å²) in [5.41, 5.74) is -1.83. The highest BCUT2D eigenvalue weighted by atomic mass is 35.5. The van der Waals surface area contributed by atoms with Crippen LogP contribution in [0.15, 0.2) is 47.6 Å². The lowest BCUT2D eigenvalue weighted by Crippen LogP contribution is -2.40. The molecule has 1 saturated carbocycles. The van der Waals surface area contributed by atoms with E-state index < -0.39 is 27.5 Å². The second kappa shape index (κ2) is 11.6. The van der Waals surface area contributed by atoms with Gasteiger partial charge in [-0.25, -0.2) is 19.4 Å². The van der Waals surface area contributed by atoms with Gasteiger partial charge in [-0.3, -0.25) is 4.79 Å². The van der Waals surface area contributed by atoms with Gasteiger partial charge in [-0.15, -0.1) is 5.10 Å². The van der Waals surface area contributed by atoms with Gasteiger partial charge >= 0.3 is 6.18 Å². The molecule has 0 bridgehead atoms. The molecule has 1 atom stereocenters. The lowest BCUT2D eigenvalue weighted by molar-refractivity contribution is -0.190. The Balaban J connectivity index is 1.18. The fourth-order valence-corrected chi connectivity index (χ4v) is 6.09. The normalized spacial score (nSPS) is 19.2. The van der Waals surface area contributed by atoms with E-state index in [4.69, 9.17) is 16.3 Å². The molecular formula is C27H31ClF3N7O4S. The van der Waals surface area contributed by atoms with Crippen molar-refractivity contribution in [2.24, 2.45) is 5.41 Å². The van der Waals surface area contributed by atoms with Crippen LogP contribution in [-0.4, -0.2) is 65.0 Å². The van der Waals surface area contributed by atoms with Gasteiger partial charge in [-0.05, 0) is 70.2 Å². The third-order valence-electron chi connectivity index (χ3n) is 7.63. The molecule has 2 fully saturated rings. The number of aromatic nitrogens is 4. The molecule has 0 aromatic carbocycles. The maximum atomic E-state index is 13.1. The van der Waals surface area contributed by atoms with Crippen molar-refractivity contribution < 1.29 is 31.1 Å². The molecule has 0 radical (unpaired) electrons. The summed E-state index contributed by atoms with van der Waals surface area (Å²) in [6, 6.07) is 8.76. The number of sulfonamides is 1. The van der Waals surface area contributed by atoms with Crippen molar-refractivity contribution >= 4 is 33.3 Å². The van der Waals surface area contributed by atoms with Gasteiger partial charge in [0.05, 0.1) is 17.6 Å². The first-order valence-electron chi connectivity index (χ1n) is 13.6.